The molecule has 1 atom stereocenters. The molecule has 1 rings (SSSR count). The van der Waals surface area contributed by atoms with Crippen LogP contribution in [0.15, 0.2) is 0 Å². The number of carbonyl (C=O) groups excluding carboxylic acids is 1. The van der Waals surface area contributed by atoms with Crippen molar-refractivity contribution in [1.82, 2.24) is 0 Å². The lowest BCUT2D eigenvalue weighted by atomic mass is 9.83. The summed E-state index contributed by atoms with van der Waals surface area (Å²) in [5.41, 5.74) is 0. The highest BCUT2D eigenvalue weighted by Crippen LogP contribution is 2.26. The second-order valence-corrected chi connectivity index (χ2v) is 4.33. The number of ketones is 1. The fraction of sp³-hybridized carbons (Fsp3) is 0.909. The van der Waals surface area contributed by atoms with Crippen molar-refractivity contribution in [2.24, 2.45) is 11.8 Å². The largest absolute Gasteiger partial charge is 0.300 e. The molecule has 0 radical (unpaired) electrons. The van der Waals surface area contributed by atoms with Crippen LogP contribution in [0.3, 0.4) is 0 Å². The van der Waals surface area contributed by atoms with Crippen LogP contribution >= 0.6 is 0 Å². The lowest BCUT2D eigenvalue weighted by Crippen LogP contribution is -2.14. The Bertz CT molecular complexity index is 149. The fourth-order valence-corrected chi connectivity index (χ4v) is 2.01. The molecule has 1 aliphatic carbocycles. The Kier molecular flexibility index (Phi) is 3.77. The smallest absolute Gasteiger partial charge is 0.132 e. The number of hydrogen-bond donors (Lipinski definition) is 0. The Morgan fingerprint density at radius 3 is 2.58 bits per heavy atom. The van der Waals surface area contributed by atoms with Crippen molar-refractivity contribution >= 4 is 5.78 Å². The van der Waals surface area contributed by atoms with Crippen molar-refractivity contribution in [2.45, 2.75) is 52.4 Å². The second-order valence-electron chi connectivity index (χ2n) is 4.33. The van der Waals surface area contributed by atoms with E-state index in [9.17, 15) is 4.79 Å². The zero-order valence-electron chi connectivity index (χ0n) is 8.31. The third-order valence-electron chi connectivity index (χ3n) is 3.02. The van der Waals surface area contributed by atoms with Crippen molar-refractivity contribution in [3.63, 3.8) is 0 Å². The van der Waals surface area contributed by atoms with Gasteiger partial charge in [-0.2, -0.15) is 0 Å². The Balaban J connectivity index is 2.39. The van der Waals surface area contributed by atoms with E-state index in [1.165, 1.54) is 12.8 Å². The molecule has 12 heavy (non-hydrogen) atoms. The molecular weight excluding hydrogens is 148 g/mol. The van der Waals surface area contributed by atoms with E-state index in [2.05, 4.69) is 13.8 Å². The standard InChI is InChI=1S/C11H20O/c1-9(2)10-5-3-4-6-11(12)8-7-10/h9-10H,3-8H2,1-2H3. The third-order valence-corrected chi connectivity index (χ3v) is 3.02. The second kappa shape index (κ2) is 4.64. The van der Waals surface area contributed by atoms with E-state index in [4.69, 9.17) is 0 Å². The molecule has 1 fully saturated rings. The van der Waals surface area contributed by atoms with Gasteiger partial charge in [0.2, 0.25) is 0 Å². The van der Waals surface area contributed by atoms with E-state index < -0.39 is 0 Å². The average Bonchev–Trinajstić information content (AvgIpc) is 1.97. The molecule has 0 bridgehead atoms. The molecule has 0 aromatic heterocycles. The normalized spacial score (nSPS) is 26.9. The Morgan fingerprint density at radius 2 is 1.92 bits per heavy atom. The van der Waals surface area contributed by atoms with Gasteiger partial charge in [-0.25, -0.2) is 0 Å². The number of hydrogen-bond acceptors (Lipinski definition) is 1. The maximum absolute atomic E-state index is 11.2. The van der Waals surface area contributed by atoms with Gasteiger partial charge in [0.05, 0.1) is 0 Å². The van der Waals surface area contributed by atoms with Crippen molar-refractivity contribution in [2.75, 3.05) is 0 Å². The van der Waals surface area contributed by atoms with Crippen LogP contribution in [-0.2, 0) is 4.79 Å². The van der Waals surface area contributed by atoms with Gasteiger partial charge in [0.25, 0.3) is 0 Å². The summed E-state index contributed by atoms with van der Waals surface area (Å²) < 4.78 is 0. The van der Waals surface area contributed by atoms with Gasteiger partial charge in [0.15, 0.2) is 0 Å². The van der Waals surface area contributed by atoms with E-state index >= 15 is 0 Å². The van der Waals surface area contributed by atoms with Crippen LogP contribution in [0.1, 0.15) is 52.4 Å². The number of rotatable bonds is 1. The summed E-state index contributed by atoms with van der Waals surface area (Å²) in [6.45, 7) is 4.55. The molecule has 1 saturated carbocycles. The molecule has 0 saturated heterocycles. The average molecular weight is 168 g/mol. The monoisotopic (exact) mass is 168 g/mol. The summed E-state index contributed by atoms with van der Waals surface area (Å²) in [5.74, 6) is 2.05. The lowest BCUT2D eigenvalue weighted by Gasteiger charge is -2.22. The zero-order chi connectivity index (χ0) is 8.97. The molecule has 0 N–H and O–H groups in total. The van der Waals surface area contributed by atoms with E-state index in [1.807, 2.05) is 0 Å². The molecule has 0 heterocycles. The molecule has 0 aromatic carbocycles. The van der Waals surface area contributed by atoms with Crippen molar-refractivity contribution in [3.8, 4) is 0 Å². The van der Waals surface area contributed by atoms with Gasteiger partial charge in [-0.1, -0.05) is 26.7 Å². The molecule has 0 aromatic rings. The molecule has 1 heteroatoms. The van der Waals surface area contributed by atoms with Crippen molar-refractivity contribution in [3.05, 3.63) is 0 Å². The first-order chi connectivity index (χ1) is 5.70. The molecule has 0 spiro atoms. The molecule has 1 aliphatic rings. The predicted molar refractivity (Wildman–Crippen MR) is 51.0 cm³/mol. The quantitative estimate of drug-likeness (QED) is 0.587. The van der Waals surface area contributed by atoms with Gasteiger partial charge in [-0.3, -0.25) is 4.79 Å². The minimum absolute atomic E-state index is 0.486. The molecule has 0 aliphatic heterocycles. The fourth-order valence-electron chi connectivity index (χ4n) is 2.01. The number of carbonyl (C=O) groups is 1. The summed E-state index contributed by atoms with van der Waals surface area (Å²) in [4.78, 5) is 11.2. The first-order valence-electron chi connectivity index (χ1n) is 5.22. The van der Waals surface area contributed by atoms with Crippen molar-refractivity contribution < 1.29 is 4.79 Å². The van der Waals surface area contributed by atoms with Crippen LogP contribution in [-0.4, -0.2) is 5.78 Å². The highest BCUT2D eigenvalue weighted by Gasteiger charge is 2.17. The van der Waals surface area contributed by atoms with Crippen LogP contribution < -0.4 is 0 Å². The maximum Gasteiger partial charge on any atom is 0.132 e. The molecule has 0 amide bonds. The Hall–Kier alpha value is -0.330. The minimum atomic E-state index is 0.486. The Morgan fingerprint density at radius 1 is 1.17 bits per heavy atom. The van der Waals surface area contributed by atoms with E-state index in [0.29, 0.717) is 5.78 Å². The Labute approximate surface area is 75.5 Å². The summed E-state index contributed by atoms with van der Waals surface area (Å²) in [6, 6.07) is 0. The van der Waals surface area contributed by atoms with Crippen LogP contribution in [0.25, 0.3) is 0 Å². The number of Topliss-reactive ketones (excluding diaryl/α,β-unsaturated/α-hetero) is 1. The summed E-state index contributed by atoms with van der Waals surface area (Å²) >= 11 is 0. The first kappa shape index (κ1) is 9.76. The van der Waals surface area contributed by atoms with Gasteiger partial charge in [0.1, 0.15) is 5.78 Å². The van der Waals surface area contributed by atoms with Crippen LogP contribution in [0.5, 0.6) is 0 Å². The van der Waals surface area contributed by atoms with Crippen LogP contribution in [0.2, 0.25) is 0 Å². The van der Waals surface area contributed by atoms with Crippen LogP contribution in [0, 0.1) is 11.8 Å². The van der Waals surface area contributed by atoms with E-state index in [1.54, 1.807) is 0 Å². The molecular formula is C11H20O. The lowest BCUT2D eigenvalue weighted by molar-refractivity contribution is -0.119. The van der Waals surface area contributed by atoms with Gasteiger partial charge < -0.3 is 0 Å². The summed E-state index contributed by atoms with van der Waals surface area (Å²) in [7, 11) is 0. The van der Waals surface area contributed by atoms with Crippen LogP contribution in [0.4, 0.5) is 0 Å². The predicted octanol–water partition coefficient (Wildman–Crippen LogP) is 3.18. The summed E-state index contributed by atoms with van der Waals surface area (Å²) in [5, 5.41) is 0. The highest BCUT2D eigenvalue weighted by molar-refractivity contribution is 5.78. The minimum Gasteiger partial charge on any atom is -0.300 e. The van der Waals surface area contributed by atoms with Crippen molar-refractivity contribution in [1.29, 1.82) is 0 Å². The maximum atomic E-state index is 11.2. The van der Waals surface area contributed by atoms with Gasteiger partial charge in [0, 0.05) is 12.8 Å². The third kappa shape index (κ3) is 2.96. The van der Waals surface area contributed by atoms with E-state index in [0.717, 1.165) is 37.5 Å². The topological polar surface area (TPSA) is 17.1 Å². The molecule has 1 unspecified atom stereocenters. The van der Waals surface area contributed by atoms with Gasteiger partial charge >= 0.3 is 0 Å². The molecule has 70 valence electrons. The van der Waals surface area contributed by atoms with Gasteiger partial charge in [-0.05, 0) is 24.7 Å². The zero-order valence-corrected chi connectivity index (χ0v) is 8.31. The first-order valence-corrected chi connectivity index (χ1v) is 5.22. The molecule has 1 nitrogen and oxygen atoms in total. The van der Waals surface area contributed by atoms with Gasteiger partial charge in [-0.15, -0.1) is 0 Å². The highest BCUT2D eigenvalue weighted by atomic mass is 16.1. The summed E-state index contributed by atoms with van der Waals surface area (Å²) in [6.07, 6.45) is 6.53. The SMILES string of the molecule is CC(C)C1CCCCC(=O)CC1. The van der Waals surface area contributed by atoms with E-state index in [-0.39, 0.29) is 0 Å².